The molecule has 0 fully saturated rings. The maximum absolute atomic E-state index is 11.9. The van der Waals surface area contributed by atoms with Crippen LogP contribution < -0.4 is 15.8 Å². The lowest BCUT2D eigenvalue weighted by molar-refractivity contribution is 0.0959. The number of hydrogen-bond acceptors (Lipinski definition) is 7. The molecule has 0 spiro atoms. The molecule has 2 heterocycles. The lowest BCUT2D eigenvalue weighted by Gasteiger charge is -2.04. The molecule has 2 aromatic heterocycles. The van der Waals surface area contributed by atoms with E-state index in [1.807, 2.05) is 0 Å². The zero-order valence-corrected chi connectivity index (χ0v) is 12.2. The first-order chi connectivity index (χ1) is 9.38. The van der Waals surface area contributed by atoms with Gasteiger partial charge in [0.2, 0.25) is 10.0 Å². The SMILES string of the molecule is CS(=O)(=O)NCCNC(=O)c1sc2nccnc2c1N. The Morgan fingerprint density at radius 1 is 1.35 bits per heavy atom. The molecule has 0 aliphatic rings. The van der Waals surface area contributed by atoms with Gasteiger partial charge in [0, 0.05) is 25.5 Å². The molecule has 2 aromatic rings. The number of amides is 1. The van der Waals surface area contributed by atoms with Gasteiger partial charge >= 0.3 is 0 Å². The fourth-order valence-electron chi connectivity index (χ4n) is 1.51. The summed E-state index contributed by atoms with van der Waals surface area (Å²) in [4.78, 5) is 21.0. The predicted octanol–water partition coefficient (Wildman–Crippen LogP) is -0.448. The minimum atomic E-state index is -3.26. The van der Waals surface area contributed by atoms with Crippen molar-refractivity contribution in [3.63, 3.8) is 0 Å². The number of anilines is 1. The summed E-state index contributed by atoms with van der Waals surface area (Å²) in [6.07, 6.45) is 4.08. The lowest BCUT2D eigenvalue weighted by atomic mass is 10.3. The van der Waals surface area contributed by atoms with Gasteiger partial charge in [0.25, 0.3) is 5.91 Å². The number of fused-ring (bicyclic) bond motifs is 1. The third kappa shape index (κ3) is 3.40. The first-order valence-electron chi connectivity index (χ1n) is 5.60. The smallest absolute Gasteiger partial charge is 0.263 e. The van der Waals surface area contributed by atoms with E-state index in [2.05, 4.69) is 20.0 Å². The van der Waals surface area contributed by atoms with Crippen LogP contribution in [0.2, 0.25) is 0 Å². The zero-order chi connectivity index (χ0) is 14.8. The van der Waals surface area contributed by atoms with E-state index in [0.29, 0.717) is 15.2 Å². The molecule has 0 bridgehead atoms. The maximum Gasteiger partial charge on any atom is 0.263 e. The summed E-state index contributed by atoms with van der Waals surface area (Å²) in [5.74, 6) is -0.373. The van der Waals surface area contributed by atoms with E-state index in [4.69, 9.17) is 5.73 Å². The first kappa shape index (κ1) is 14.6. The monoisotopic (exact) mass is 315 g/mol. The summed E-state index contributed by atoms with van der Waals surface area (Å²) in [6, 6.07) is 0. The molecular formula is C10H13N5O3S2. The summed E-state index contributed by atoms with van der Waals surface area (Å²) in [5, 5.41) is 2.58. The largest absolute Gasteiger partial charge is 0.396 e. The minimum absolute atomic E-state index is 0.117. The highest BCUT2D eigenvalue weighted by molar-refractivity contribution is 7.88. The third-order valence-corrected chi connectivity index (χ3v) is 4.17. The van der Waals surface area contributed by atoms with E-state index >= 15 is 0 Å². The molecule has 4 N–H and O–H groups in total. The Balaban J connectivity index is 2.03. The number of carbonyl (C=O) groups excluding carboxylic acids is 1. The van der Waals surface area contributed by atoms with E-state index in [0.717, 1.165) is 17.6 Å². The number of carbonyl (C=O) groups is 1. The van der Waals surface area contributed by atoms with Crippen LogP contribution in [0.3, 0.4) is 0 Å². The van der Waals surface area contributed by atoms with Gasteiger partial charge in [-0.15, -0.1) is 11.3 Å². The number of rotatable bonds is 5. The van der Waals surface area contributed by atoms with Crippen LogP contribution in [0.25, 0.3) is 10.3 Å². The molecule has 0 radical (unpaired) electrons. The molecule has 0 unspecified atom stereocenters. The van der Waals surface area contributed by atoms with Gasteiger partial charge in [-0.2, -0.15) is 0 Å². The van der Waals surface area contributed by atoms with Gasteiger partial charge in [0.15, 0.2) is 0 Å². The van der Waals surface area contributed by atoms with Crippen LogP contribution in [0.4, 0.5) is 5.69 Å². The predicted molar refractivity (Wildman–Crippen MR) is 77.0 cm³/mol. The van der Waals surface area contributed by atoms with E-state index in [9.17, 15) is 13.2 Å². The summed E-state index contributed by atoms with van der Waals surface area (Å²) in [5.41, 5.74) is 6.63. The number of hydrogen-bond donors (Lipinski definition) is 3. The molecule has 20 heavy (non-hydrogen) atoms. The average molecular weight is 315 g/mol. The lowest BCUT2D eigenvalue weighted by Crippen LogP contribution is -2.34. The van der Waals surface area contributed by atoms with Crippen LogP contribution in [-0.4, -0.2) is 43.6 Å². The Labute approximate surface area is 119 Å². The van der Waals surface area contributed by atoms with Crippen molar-refractivity contribution in [3.05, 3.63) is 17.3 Å². The molecule has 8 nitrogen and oxygen atoms in total. The van der Waals surface area contributed by atoms with Gasteiger partial charge in [0.05, 0.1) is 11.9 Å². The molecule has 0 saturated carbocycles. The van der Waals surface area contributed by atoms with Gasteiger partial charge in [0.1, 0.15) is 15.2 Å². The molecule has 1 amide bonds. The van der Waals surface area contributed by atoms with Crippen molar-refractivity contribution in [1.29, 1.82) is 0 Å². The van der Waals surface area contributed by atoms with Crippen LogP contribution in [0, 0.1) is 0 Å². The van der Waals surface area contributed by atoms with Gasteiger partial charge < -0.3 is 11.1 Å². The Bertz CT molecular complexity index is 740. The fraction of sp³-hybridized carbons (Fsp3) is 0.300. The van der Waals surface area contributed by atoms with E-state index in [1.165, 1.54) is 12.4 Å². The highest BCUT2D eigenvalue weighted by Gasteiger charge is 2.17. The summed E-state index contributed by atoms with van der Waals surface area (Å²) < 4.78 is 24.0. The van der Waals surface area contributed by atoms with E-state index in [1.54, 1.807) is 0 Å². The Hall–Kier alpha value is -1.78. The normalized spacial score (nSPS) is 11.7. The standard InChI is InChI=1S/C10H13N5O3S2/c1-20(17,18)15-5-4-13-9(16)8-6(11)7-10(19-8)14-3-2-12-7/h2-3,15H,4-5,11H2,1H3,(H,13,16). The zero-order valence-electron chi connectivity index (χ0n) is 10.6. The molecule has 0 atom stereocenters. The minimum Gasteiger partial charge on any atom is -0.396 e. The van der Waals surface area contributed by atoms with Gasteiger partial charge in [-0.3, -0.25) is 4.79 Å². The number of nitrogen functional groups attached to an aromatic ring is 1. The Morgan fingerprint density at radius 2 is 2.05 bits per heavy atom. The third-order valence-electron chi connectivity index (χ3n) is 2.34. The van der Waals surface area contributed by atoms with Crippen LogP contribution in [0.5, 0.6) is 0 Å². The number of nitrogens with zero attached hydrogens (tertiary/aromatic N) is 2. The molecule has 0 aliphatic carbocycles. The van der Waals surface area contributed by atoms with Crippen molar-refractivity contribution in [3.8, 4) is 0 Å². The highest BCUT2D eigenvalue weighted by Crippen LogP contribution is 2.29. The molecule has 10 heteroatoms. The Kier molecular flexibility index (Phi) is 4.16. The van der Waals surface area contributed by atoms with E-state index in [-0.39, 0.29) is 24.7 Å². The van der Waals surface area contributed by atoms with Crippen molar-refractivity contribution in [1.82, 2.24) is 20.0 Å². The number of nitrogens with two attached hydrogens (primary N) is 1. The van der Waals surface area contributed by atoms with Crippen molar-refractivity contribution in [2.45, 2.75) is 0 Å². The molecule has 0 saturated heterocycles. The van der Waals surface area contributed by atoms with Crippen LogP contribution >= 0.6 is 11.3 Å². The molecule has 0 aromatic carbocycles. The van der Waals surface area contributed by atoms with Crippen molar-refractivity contribution in [2.75, 3.05) is 25.1 Å². The van der Waals surface area contributed by atoms with E-state index < -0.39 is 10.0 Å². The second-order valence-corrected chi connectivity index (χ2v) is 6.81. The Morgan fingerprint density at radius 3 is 2.70 bits per heavy atom. The summed E-state index contributed by atoms with van der Waals surface area (Å²) in [7, 11) is -3.26. The van der Waals surface area contributed by atoms with Gasteiger partial charge in [-0.1, -0.05) is 0 Å². The second kappa shape index (κ2) is 5.69. The maximum atomic E-state index is 11.9. The quantitative estimate of drug-likeness (QED) is 0.641. The van der Waals surface area contributed by atoms with Crippen molar-refractivity contribution < 1.29 is 13.2 Å². The van der Waals surface area contributed by atoms with Crippen LogP contribution in [0.1, 0.15) is 9.67 Å². The van der Waals surface area contributed by atoms with Gasteiger partial charge in [-0.25, -0.2) is 23.1 Å². The number of aromatic nitrogens is 2. The van der Waals surface area contributed by atoms with Crippen molar-refractivity contribution in [2.24, 2.45) is 0 Å². The number of nitrogens with one attached hydrogen (secondary N) is 2. The first-order valence-corrected chi connectivity index (χ1v) is 8.31. The average Bonchev–Trinajstić information content (AvgIpc) is 2.72. The summed E-state index contributed by atoms with van der Waals surface area (Å²) >= 11 is 1.15. The second-order valence-electron chi connectivity index (χ2n) is 3.98. The van der Waals surface area contributed by atoms with Crippen LogP contribution in [0.15, 0.2) is 12.4 Å². The summed E-state index contributed by atoms with van der Waals surface area (Å²) in [6.45, 7) is 0.284. The number of thiophene rings is 1. The molecular weight excluding hydrogens is 302 g/mol. The molecule has 0 aliphatic heterocycles. The fourth-order valence-corrected chi connectivity index (χ4v) is 2.92. The van der Waals surface area contributed by atoms with Crippen molar-refractivity contribution >= 4 is 43.3 Å². The number of sulfonamides is 1. The van der Waals surface area contributed by atoms with Crippen LogP contribution in [-0.2, 0) is 10.0 Å². The molecule has 108 valence electrons. The highest BCUT2D eigenvalue weighted by atomic mass is 32.2. The van der Waals surface area contributed by atoms with Gasteiger partial charge in [-0.05, 0) is 0 Å². The topological polar surface area (TPSA) is 127 Å². The molecule has 2 rings (SSSR count).